The van der Waals surface area contributed by atoms with Gasteiger partial charge in [0.05, 0.1) is 6.54 Å². The molecule has 3 fully saturated rings. The van der Waals surface area contributed by atoms with Crippen LogP contribution < -0.4 is 5.32 Å². The molecule has 0 spiro atoms. The quantitative estimate of drug-likeness (QED) is 0.800. The predicted octanol–water partition coefficient (Wildman–Crippen LogP) is 0.124. The van der Waals surface area contributed by atoms with Gasteiger partial charge < -0.3 is 15.1 Å². The van der Waals surface area contributed by atoms with Gasteiger partial charge in [-0.3, -0.25) is 14.4 Å². The van der Waals surface area contributed by atoms with Crippen molar-refractivity contribution in [1.29, 1.82) is 0 Å². The summed E-state index contributed by atoms with van der Waals surface area (Å²) in [5, 5.41) is 2.78. The van der Waals surface area contributed by atoms with E-state index in [1.54, 1.807) is 11.8 Å². The van der Waals surface area contributed by atoms with E-state index in [1.165, 1.54) is 0 Å². The van der Waals surface area contributed by atoms with Gasteiger partial charge in [0.15, 0.2) is 0 Å². The van der Waals surface area contributed by atoms with Crippen LogP contribution >= 0.6 is 0 Å². The van der Waals surface area contributed by atoms with Crippen molar-refractivity contribution in [2.24, 2.45) is 5.92 Å². The average molecular weight is 293 g/mol. The van der Waals surface area contributed by atoms with Gasteiger partial charge in [-0.25, -0.2) is 0 Å². The van der Waals surface area contributed by atoms with E-state index in [9.17, 15) is 14.4 Å². The summed E-state index contributed by atoms with van der Waals surface area (Å²) >= 11 is 0. The Bertz CT molecular complexity index is 457. The molecule has 1 unspecified atom stereocenters. The van der Waals surface area contributed by atoms with Gasteiger partial charge in [-0.15, -0.1) is 0 Å². The smallest absolute Gasteiger partial charge is 0.245 e. The lowest BCUT2D eigenvalue weighted by Crippen LogP contribution is -2.57. The standard InChI is InChI=1S/C15H23N3O3/c1-10(16-14(20)11-3-2-4-11)15(21)17-7-8-18(12-5-6-12)13(19)9-17/h10-12H,2-9H2,1H3,(H,16,20). The van der Waals surface area contributed by atoms with E-state index in [4.69, 9.17) is 0 Å². The van der Waals surface area contributed by atoms with Crippen LogP contribution in [0.5, 0.6) is 0 Å². The first kappa shape index (κ1) is 14.4. The first-order chi connectivity index (χ1) is 10.1. The molecule has 0 radical (unpaired) electrons. The van der Waals surface area contributed by atoms with Crippen molar-refractivity contribution in [2.45, 2.75) is 51.1 Å². The van der Waals surface area contributed by atoms with Gasteiger partial charge in [0.25, 0.3) is 0 Å². The summed E-state index contributed by atoms with van der Waals surface area (Å²) in [6.07, 6.45) is 5.12. The maximum Gasteiger partial charge on any atom is 0.245 e. The predicted molar refractivity (Wildman–Crippen MR) is 76.3 cm³/mol. The fourth-order valence-electron chi connectivity index (χ4n) is 2.98. The molecule has 0 aromatic carbocycles. The van der Waals surface area contributed by atoms with E-state index in [-0.39, 0.29) is 30.2 Å². The van der Waals surface area contributed by atoms with Crippen LogP contribution in [0.4, 0.5) is 0 Å². The van der Waals surface area contributed by atoms with Gasteiger partial charge in [-0.1, -0.05) is 6.42 Å². The number of hydrogen-bond acceptors (Lipinski definition) is 3. The van der Waals surface area contributed by atoms with Crippen LogP contribution in [0, 0.1) is 5.92 Å². The molecule has 1 saturated heterocycles. The summed E-state index contributed by atoms with van der Waals surface area (Å²) < 4.78 is 0. The van der Waals surface area contributed by atoms with E-state index >= 15 is 0 Å². The van der Waals surface area contributed by atoms with Crippen molar-refractivity contribution >= 4 is 17.7 Å². The number of amides is 3. The molecule has 21 heavy (non-hydrogen) atoms. The average Bonchev–Trinajstić information content (AvgIpc) is 3.19. The molecular formula is C15H23N3O3. The molecule has 0 bridgehead atoms. The van der Waals surface area contributed by atoms with Gasteiger partial charge in [-0.05, 0) is 32.6 Å². The molecule has 0 aromatic rings. The number of piperazine rings is 1. The van der Waals surface area contributed by atoms with E-state index in [0.717, 1.165) is 32.1 Å². The van der Waals surface area contributed by atoms with Gasteiger partial charge in [0.2, 0.25) is 17.7 Å². The molecule has 6 nitrogen and oxygen atoms in total. The van der Waals surface area contributed by atoms with E-state index in [1.807, 2.05) is 4.90 Å². The molecule has 3 aliphatic rings. The second kappa shape index (κ2) is 5.66. The zero-order valence-electron chi connectivity index (χ0n) is 12.5. The largest absolute Gasteiger partial charge is 0.344 e. The second-order valence-corrected chi connectivity index (χ2v) is 6.44. The third-order valence-corrected chi connectivity index (χ3v) is 4.76. The SMILES string of the molecule is CC(NC(=O)C1CCC1)C(=O)N1CCN(C2CC2)C(=O)C1. The summed E-state index contributed by atoms with van der Waals surface area (Å²) in [5.74, 6) is -0.0558. The van der Waals surface area contributed by atoms with Gasteiger partial charge >= 0.3 is 0 Å². The van der Waals surface area contributed by atoms with Crippen LogP contribution in [0.1, 0.15) is 39.0 Å². The zero-order valence-corrected chi connectivity index (χ0v) is 12.5. The Balaban J connectivity index is 1.50. The number of nitrogens with zero attached hydrogens (tertiary/aromatic N) is 2. The summed E-state index contributed by atoms with van der Waals surface area (Å²) in [4.78, 5) is 39.7. The fourth-order valence-corrected chi connectivity index (χ4v) is 2.98. The summed E-state index contributed by atoms with van der Waals surface area (Å²) in [7, 11) is 0. The Morgan fingerprint density at radius 3 is 2.43 bits per heavy atom. The molecule has 2 aliphatic carbocycles. The molecule has 3 rings (SSSR count). The van der Waals surface area contributed by atoms with Crippen LogP contribution in [0.3, 0.4) is 0 Å². The lowest BCUT2D eigenvalue weighted by Gasteiger charge is -2.36. The zero-order chi connectivity index (χ0) is 15.0. The Morgan fingerprint density at radius 1 is 1.19 bits per heavy atom. The van der Waals surface area contributed by atoms with Crippen molar-refractivity contribution in [3.63, 3.8) is 0 Å². The van der Waals surface area contributed by atoms with Gasteiger partial charge in [0, 0.05) is 25.0 Å². The Kier molecular flexibility index (Phi) is 3.87. The summed E-state index contributed by atoms with van der Waals surface area (Å²) in [5.41, 5.74) is 0. The molecule has 1 heterocycles. The molecule has 3 amide bonds. The second-order valence-electron chi connectivity index (χ2n) is 6.44. The topological polar surface area (TPSA) is 69.7 Å². The first-order valence-corrected chi connectivity index (χ1v) is 7.95. The Labute approximate surface area is 124 Å². The van der Waals surface area contributed by atoms with Crippen molar-refractivity contribution < 1.29 is 14.4 Å². The number of carbonyl (C=O) groups is 3. The molecule has 2 saturated carbocycles. The van der Waals surface area contributed by atoms with Crippen LogP contribution in [-0.2, 0) is 14.4 Å². The minimum atomic E-state index is -0.543. The third kappa shape index (κ3) is 3.04. The highest BCUT2D eigenvalue weighted by Gasteiger charge is 2.38. The van der Waals surface area contributed by atoms with E-state index in [2.05, 4.69) is 5.32 Å². The molecule has 1 aliphatic heterocycles. The number of nitrogens with one attached hydrogen (secondary N) is 1. The van der Waals surface area contributed by atoms with Crippen LogP contribution in [0.15, 0.2) is 0 Å². The van der Waals surface area contributed by atoms with Crippen molar-refractivity contribution in [1.82, 2.24) is 15.1 Å². The van der Waals surface area contributed by atoms with Crippen molar-refractivity contribution in [3.8, 4) is 0 Å². The Morgan fingerprint density at radius 2 is 1.90 bits per heavy atom. The highest BCUT2D eigenvalue weighted by atomic mass is 16.2. The van der Waals surface area contributed by atoms with Crippen molar-refractivity contribution in [2.75, 3.05) is 19.6 Å². The van der Waals surface area contributed by atoms with Crippen LogP contribution in [-0.4, -0.2) is 59.2 Å². The molecule has 1 N–H and O–H groups in total. The lowest BCUT2D eigenvalue weighted by atomic mass is 9.84. The highest BCUT2D eigenvalue weighted by Crippen LogP contribution is 2.28. The van der Waals surface area contributed by atoms with Crippen LogP contribution in [0.2, 0.25) is 0 Å². The lowest BCUT2D eigenvalue weighted by molar-refractivity contribution is -0.147. The number of hydrogen-bond donors (Lipinski definition) is 1. The maximum atomic E-state index is 12.3. The number of rotatable bonds is 4. The summed E-state index contributed by atoms with van der Waals surface area (Å²) in [6, 6.07) is -0.135. The van der Waals surface area contributed by atoms with Gasteiger partial charge in [0.1, 0.15) is 6.04 Å². The van der Waals surface area contributed by atoms with E-state index < -0.39 is 6.04 Å². The molecule has 1 atom stereocenters. The minimum Gasteiger partial charge on any atom is -0.344 e. The molecule has 0 aromatic heterocycles. The van der Waals surface area contributed by atoms with E-state index in [0.29, 0.717) is 19.1 Å². The maximum absolute atomic E-state index is 12.3. The monoisotopic (exact) mass is 293 g/mol. The Hall–Kier alpha value is -1.59. The normalized spacial score (nSPS) is 24.5. The third-order valence-electron chi connectivity index (χ3n) is 4.76. The highest BCUT2D eigenvalue weighted by molar-refractivity contribution is 5.91. The first-order valence-electron chi connectivity index (χ1n) is 7.95. The van der Waals surface area contributed by atoms with Gasteiger partial charge in [-0.2, -0.15) is 0 Å². The molecular weight excluding hydrogens is 270 g/mol. The summed E-state index contributed by atoms with van der Waals surface area (Å²) in [6.45, 7) is 3.05. The molecule has 116 valence electrons. The van der Waals surface area contributed by atoms with Crippen molar-refractivity contribution in [3.05, 3.63) is 0 Å². The molecule has 6 heteroatoms. The minimum absolute atomic E-state index is 0.0231. The fraction of sp³-hybridized carbons (Fsp3) is 0.800. The van der Waals surface area contributed by atoms with Crippen LogP contribution in [0.25, 0.3) is 0 Å². The number of carbonyl (C=O) groups excluding carboxylic acids is 3.